The lowest BCUT2D eigenvalue weighted by molar-refractivity contribution is 0.184. The Hall–Kier alpha value is -0.730. The van der Waals surface area contributed by atoms with Crippen molar-refractivity contribution in [3.63, 3.8) is 0 Å². The Morgan fingerprint density at radius 3 is 2.38 bits per heavy atom. The lowest BCUT2D eigenvalue weighted by Gasteiger charge is -2.23. The fourth-order valence-corrected chi connectivity index (χ4v) is 1.70. The van der Waals surface area contributed by atoms with Crippen molar-refractivity contribution >= 4 is 17.3 Å². The Morgan fingerprint density at radius 2 is 1.88 bits per heavy atom. The average molecular weight is 242 g/mol. The van der Waals surface area contributed by atoms with Gasteiger partial charge in [-0.2, -0.15) is 0 Å². The van der Waals surface area contributed by atoms with Crippen molar-refractivity contribution in [1.29, 1.82) is 0 Å². The Morgan fingerprint density at radius 1 is 1.25 bits per heavy atom. The average Bonchev–Trinajstić information content (AvgIpc) is 2.26. The topological polar surface area (TPSA) is 21.3 Å². The molecule has 0 radical (unpaired) electrons. The molecule has 0 amide bonds. The lowest BCUT2D eigenvalue weighted by Crippen LogP contribution is -2.27. The summed E-state index contributed by atoms with van der Waals surface area (Å²) in [6, 6.07) is 8.24. The largest absolute Gasteiger partial charge is 0.385 e. The quantitative estimate of drug-likeness (QED) is 0.818. The number of nitrogens with one attached hydrogen (secondary N) is 1. The van der Waals surface area contributed by atoms with Gasteiger partial charge in [0.25, 0.3) is 0 Å². The van der Waals surface area contributed by atoms with Gasteiger partial charge in [-0.3, -0.25) is 0 Å². The van der Waals surface area contributed by atoms with Crippen LogP contribution in [0, 0.1) is 5.92 Å². The van der Waals surface area contributed by atoms with E-state index in [1.807, 2.05) is 24.3 Å². The molecule has 1 rings (SSSR count). The molecule has 3 heteroatoms. The summed E-state index contributed by atoms with van der Waals surface area (Å²) in [5, 5.41) is 4.27. The summed E-state index contributed by atoms with van der Waals surface area (Å²) in [5.74, 6) is 0.575. The molecular formula is C13H20ClNO. The minimum atomic E-state index is 0.432. The van der Waals surface area contributed by atoms with E-state index in [0.29, 0.717) is 12.0 Å². The second-order valence-electron chi connectivity index (χ2n) is 4.28. The van der Waals surface area contributed by atoms with Gasteiger partial charge in [0.05, 0.1) is 0 Å². The number of methoxy groups -OCH3 is 1. The van der Waals surface area contributed by atoms with Crippen LogP contribution in [-0.2, 0) is 4.74 Å². The third kappa shape index (κ3) is 4.42. The monoisotopic (exact) mass is 241 g/mol. The zero-order valence-corrected chi connectivity index (χ0v) is 10.9. The van der Waals surface area contributed by atoms with Gasteiger partial charge in [0.15, 0.2) is 0 Å². The summed E-state index contributed by atoms with van der Waals surface area (Å²) in [6.45, 7) is 5.20. The number of rotatable bonds is 6. The molecule has 1 aromatic rings. The molecule has 0 aliphatic carbocycles. The number of hydrogen-bond acceptors (Lipinski definition) is 2. The molecule has 1 unspecified atom stereocenters. The SMILES string of the molecule is COCCC(Nc1ccc(Cl)cc1)C(C)C. The molecule has 2 nitrogen and oxygen atoms in total. The lowest BCUT2D eigenvalue weighted by atomic mass is 10.0. The summed E-state index contributed by atoms with van der Waals surface area (Å²) in [5.41, 5.74) is 1.11. The smallest absolute Gasteiger partial charge is 0.0481 e. The van der Waals surface area contributed by atoms with Gasteiger partial charge in [-0.25, -0.2) is 0 Å². The molecule has 0 aromatic heterocycles. The molecule has 0 fully saturated rings. The maximum atomic E-state index is 5.85. The van der Waals surface area contributed by atoms with Crippen molar-refractivity contribution in [2.24, 2.45) is 5.92 Å². The first-order valence-electron chi connectivity index (χ1n) is 5.64. The van der Waals surface area contributed by atoms with Crippen LogP contribution >= 0.6 is 11.6 Å². The number of hydrogen-bond donors (Lipinski definition) is 1. The van der Waals surface area contributed by atoms with Gasteiger partial charge in [-0.1, -0.05) is 25.4 Å². The van der Waals surface area contributed by atoms with Crippen LogP contribution in [0.4, 0.5) is 5.69 Å². The minimum absolute atomic E-state index is 0.432. The Bertz CT molecular complexity index is 297. The molecule has 0 saturated carbocycles. The van der Waals surface area contributed by atoms with Crippen LogP contribution in [0.3, 0.4) is 0 Å². The summed E-state index contributed by atoms with van der Waals surface area (Å²) < 4.78 is 5.12. The highest BCUT2D eigenvalue weighted by Crippen LogP contribution is 2.17. The molecule has 0 heterocycles. The molecular weight excluding hydrogens is 222 g/mol. The van der Waals surface area contributed by atoms with Gasteiger partial charge in [-0.05, 0) is 36.6 Å². The highest BCUT2D eigenvalue weighted by Gasteiger charge is 2.12. The predicted molar refractivity (Wildman–Crippen MR) is 70.2 cm³/mol. The van der Waals surface area contributed by atoms with E-state index < -0.39 is 0 Å². The van der Waals surface area contributed by atoms with Crippen LogP contribution < -0.4 is 5.32 Å². The van der Waals surface area contributed by atoms with Crippen molar-refractivity contribution in [1.82, 2.24) is 0 Å². The van der Waals surface area contributed by atoms with Crippen LogP contribution in [0.25, 0.3) is 0 Å². The van der Waals surface area contributed by atoms with Gasteiger partial charge in [0.2, 0.25) is 0 Å². The predicted octanol–water partition coefficient (Wildman–Crippen LogP) is 3.81. The van der Waals surface area contributed by atoms with Gasteiger partial charge in [0, 0.05) is 30.5 Å². The molecule has 0 aliphatic heterocycles. The fourth-order valence-electron chi connectivity index (χ4n) is 1.58. The van der Waals surface area contributed by atoms with Crippen molar-refractivity contribution in [2.45, 2.75) is 26.3 Å². The molecule has 0 spiro atoms. The van der Waals surface area contributed by atoms with E-state index in [4.69, 9.17) is 16.3 Å². The third-order valence-corrected chi connectivity index (χ3v) is 2.89. The zero-order valence-electron chi connectivity index (χ0n) is 10.2. The summed E-state index contributed by atoms with van der Waals surface area (Å²) in [7, 11) is 1.74. The Labute approximate surface area is 103 Å². The van der Waals surface area contributed by atoms with E-state index in [1.54, 1.807) is 7.11 Å². The van der Waals surface area contributed by atoms with Crippen LogP contribution in [0.5, 0.6) is 0 Å². The van der Waals surface area contributed by atoms with Crippen molar-refractivity contribution in [3.8, 4) is 0 Å². The highest BCUT2D eigenvalue weighted by atomic mass is 35.5. The summed E-state index contributed by atoms with van der Waals surface area (Å²) in [6.07, 6.45) is 1.01. The molecule has 0 saturated heterocycles. The number of benzene rings is 1. The normalized spacial score (nSPS) is 12.8. The molecule has 1 atom stereocenters. The first-order valence-corrected chi connectivity index (χ1v) is 6.02. The van der Waals surface area contributed by atoms with E-state index in [1.165, 1.54) is 0 Å². The maximum Gasteiger partial charge on any atom is 0.0481 e. The third-order valence-electron chi connectivity index (χ3n) is 2.63. The zero-order chi connectivity index (χ0) is 12.0. The van der Waals surface area contributed by atoms with Crippen molar-refractivity contribution in [3.05, 3.63) is 29.3 Å². The van der Waals surface area contributed by atoms with E-state index in [-0.39, 0.29) is 0 Å². The second kappa shape index (κ2) is 6.77. The molecule has 0 bridgehead atoms. The van der Waals surface area contributed by atoms with E-state index in [2.05, 4.69) is 19.2 Å². The molecule has 90 valence electrons. The fraction of sp³-hybridized carbons (Fsp3) is 0.538. The van der Waals surface area contributed by atoms with Gasteiger partial charge >= 0.3 is 0 Å². The van der Waals surface area contributed by atoms with Crippen molar-refractivity contribution in [2.75, 3.05) is 19.0 Å². The van der Waals surface area contributed by atoms with Crippen LogP contribution in [0.15, 0.2) is 24.3 Å². The number of ether oxygens (including phenoxy) is 1. The molecule has 1 aromatic carbocycles. The minimum Gasteiger partial charge on any atom is -0.385 e. The molecule has 16 heavy (non-hydrogen) atoms. The van der Waals surface area contributed by atoms with Gasteiger partial charge in [0.1, 0.15) is 0 Å². The Kier molecular flexibility index (Phi) is 5.64. The van der Waals surface area contributed by atoms with E-state index in [0.717, 1.165) is 23.7 Å². The second-order valence-corrected chi connectivity index (χ2v) is 4.72. The Balaban J connectivity index is 2.57. The first-order chi connectivity index (χ1) is 7.63. The number of halogens is 1. The van der Waals surface area contributed by atoms with Crippen LogP contribution in [0.1, 0.15) is 20.3 Å². The van der Waals surface area contributed by atoms with E-state index in [9.17, 15) is 0 Å². The van der Waals surface area contributed by atoms with E-state index >= 15 is 0 Å². The standard InChI is InChI=1S/C13H20ClNO/c1-10(2)13(8-9-16-3)15-12-6-4-11(14)5-7-12/h4-7,10,13,15H,8-9H2,1-3H3. The van der Waals surface area contributed by atoms with Crippen LogP contribution in [0.2, 0.25) is 5.02 Å². The van der Waals surface area contributed by atoms with Gasteiger partial charge in [-0.15, -0.1) is 0 Å². The summed E-state index contributed by atoms with van der Waals surface area (Å²) in [4.78, 5) is 0. The van der Waals surface area contributed by atoms with Gasteiger partial charge < -0.3 is 10.1 Å². The van der Waals surface area contributed by atoms with Crippen molar-refractivity contribution < 1.29 is 4.74 Å². The molecule has 0 aliphatic rings. The van der Waals surface area contributed by atoms with Crippen LogP contribution in [-0.4, -0.2) is 19.8 Å². The molecule has 1 N–H and O–H groups in total. The maximum absolute atomic E-state index is 5.85. The number of anilines is 1. The first kappa shape index (κ1) is 13.3. The highest BCUT2D eigenvalue weighted by molar-refractivity contribution is 6.30. The summed E-state index contributed by atoms with van der Waals surface area (Å²) >= 11 is 5.85.